The second kappa shape index (κ2) is 4.19. The molecule has 0 fully saturated rings. The summed E-state index contributed by atoms with van der Waals surface area (Å²) in [6, 6.07) is 8.03. The molecule has 14 heavy (non-hydrogen) atoms. The van der Waals surface area contributed by atoms with Crippen molar-refractivity contribution in [3.63, 3.8) is 0 Å². The Hall–Kier alpha value is -0.740. The Bertz CT molecular complexity index is 457. The normalized spacial score (nSPS) is 10.1. The molecular formula is C10H6Br2N2. The summed E-state index contributed by atoms with van der Waals surface area (Å²) in [4.78, 5) is 8.07. The van der Waals surface area contributed by atoms with Gasteiger partial charge in [0.1, 0.15) is 10.9 Å². The number of aromatic nitrogens is 2. The van der Waals surface area contributed by atoms with E-state index in [1.807, 2.05) is 24.3 Å². The minimum Gasteiger partial charge on any atom is -0.244 e. The molecule has 0 bridgehead atoms. The van der Waals surface area contributed by atoms with Gasteiger partial charge in [-0.25, -0.2) is 9.97 Å². The number of halogens is 2. The number of rotatable bonds is 1. The summed E-state index contributed by atoms with van der Waals surface area (Å²) in [5.74, 6) is 0. The third kappa shape index (κ3) is 2.01. The largest absolute Gasteiger partial charge is 0.244 e. The molecule has 0 saturated carbocycles. The van der Waals surface area contributed by atoms with Crippen LogP contribution in [0.3, 0.4) is 0 Å². The van der Waals surface area contributed by atoms with Crippen molar-refractivity contribution >= 4 is 31.9 Å². The van der Waals surface area contributed by atoms with Crippen LogP contribution in [0.1, 0.15) is 0 Å². The lowest BCUT2D eigenvalue weighted by Crippen LogP contribution is -1.85. The van der Waals surface area contributed by atoms with Gasteiger partial charge in [0.2, 0.25) is 0 Å². The summed E-state index contributed by atoms with van der Waals surface area (Å²) in [6.45, 7) is 0. The van der Waals surface area contributed by atoms with E-state index in [-0.39, 0.29) is 0 Å². The lowest BCUT2D eigenvalue weighted by molar-refractivity contribution is 1.14. The minimum atomic E-state index is 0.811. The van der Waals surface area contributed by atoms with E-state index >= 15 is 0 Å². The van der Waals surface area contributed by atoms with Gasteiger partial charge in [-0.2, -0.15) is 0 Å². The molecule has 0 radical (unpaired) electrons. The highest BCUT2D eigenvalue weighted by Crippen LogP contribution is 2.27. The van der Waals surface area contributed by atoms with Crippen molar-refractivity contribution in [1.29, 1.82) is 0 Å². The predicted octanol–water partition coefficient (Wildman–Crippen LogP) is 3.67. The van der Waals surface area contributed by atoms with E-state index in [0.29, 0.717) is 0 Å². The van der Waals surface area contributed by atoms with Gasteiger partial charge in [-0.3, -0.25) is 0 Å². The standard InChI is InChI=1S/C10H6Br2N2/c11-8-3-1-2-7(4-8)9-5-13-6-14-10(9)12/h1-6H. The predicted molar refractivity (Wildman–Crippen MR) is 62.9 cm³/mol. The monoisotopic (exact) mass is 312 g/mol. The maximum absolute atomic E-state index is 4.08. The van der Waals surface area contributed by atoms with Gasteiger partial charge in [-0.1, -0.05) is 28.1 Å². The highest BCUT2D eigenvalue weighted by molar-refractivity contribution is 9.10. The zero-order chi connectivity index (χ0) is 9.97. The van der Waals surface area contributed by atoms with E-state index < -0.39 is 0 Å². The summed E-state index contributed by atoms with van der Waals surface area (Å²) in [7, 11) is 0. The van der Waals surface area contributed by atoms with Crippen LogP contribution in [0, 0.1) is 0 Å². The van der Waals surface area contributed by atoms with Crippen LogP contribution in [0.15, 0.2) is 45.9 Å². The van der Waals surface area contributed by atoms with Crippen LogP contribution < -0.4 is 0 Å². The lowest BCUT2D eigenvalue weighted by Gasteiger charge is -2.02. The van der Waals surface area contributed by atoms with Gasteiger partial charge in [0.15, 0.2) is 0 Å². The van der Waals surface area contributed by atoms with Gasteiger partial charge in [0.25, 0.3) is 0 Å². The van der Waals surface area contributed by atoms with Gasteiger partial charge in [-0.15, -0.1) is 0 Å². The maximum Gasteiger partial charge on any atom is 0.117 e. The Balaban J connectivity index is 2.55. The molecule has 2 rings (SSSR count). The van der Waals surface area contributed by atoms with Gasteiger partial charge in [-0.05, 0) is 33.6 Å². The molecule has 1 aromatic heterocycles. The topological polar surface area (TPSA) is 25.8 Å². The number of hydrogen-bond donors (Lipinski definition) is 0. The fourth-order valence-corrected chi connectivity index (χ4v) is 1.99. The highest BCUT2D eigenvalue weighted by Gasteiger charge is 2.03. The van der Waals surface area contributed by atoms with E-state index in [9.17, 15) is 0 Å². The maximum atomic E-state index is 4.08. The molecule has 0 aliphatic heterocycles. The van der Waals surface area contributed by atoms with E-state index in [0.717, 1.165) is 20.2 Å². The SMILES string of the molecule is Brc1cccc(-c2cncnc2Br)c1. The Morgan fingerprint density at radius 1 is 1.14 bits per heavy atom. The van der Waals surface area contributed by atoms with Crippen molar-refractivity contribution in [3.05, 3.63) is 45.9 Å². The molecule has 0 unspecified atom stereocenters. The van der Waals surface area contributed by atoms with Crippen LogP contribution in [0.25, 0.3) is 11.1 Å². The Morgan fingerprint density at radius 3 is 2.71 bits per heavy atom. The van der Waals surface area contributed by atoms with E-state index in [1.54, 1.807) is 6.20 Å². The van der Waals surface area contributed by atoms with Crippen molar-refractivity contribution in [2.75, 3.05) is 0 Å². The molecule has 0 spiro atoms. The number of hydrogen-bond acceptors (Lipinski definition) is 2. The first-order valence-electron chi connectivity index (χ1n) is 3.99. The molecule has 1 aromatic carbocycles. The van der Waals surface area contributed by atoms with Crippen LogP contribution in [-0.2, 0) is 0 Å². The molecule has 4 heteroatoms. The van der Waals surface area contributed by atoms with Crippen molar-refractivity contribution in [2.24, 2.45) is 0 Å². The van der Waals surface area contributed by atoms with Crippen LogP contribution in [0.2, 0.25) is 0 Å². The molecule has 2 nitrogen and oxygen atoms in total. The van der Waals surface area contributed by atoms with Gasteiger partial charge in [0, 0.05) is 16.2 Å². The summed E-state index contributed by atoms with van der Waals surface area (Å²) in [6.07, 6.45) is 3.31. The first-order valence-corrected chi connectivity index (χ1v) is 5.57. The molecular weight excluding hydrogens is 308 g/mol. The number of nitrogens with zero attached hydrogens (tertiary/aromatic N) is 2. The van der Waals surface area contributed by atoms with E-state index in [1.165, 1.54) is 6.33 Å². The summed E-state index contributed by atoms with van der Waals surface area (Å²) in [5, 5.41) is 0. The first kappa shape index (κ1) is 9.80. The van der Waals surface area contributed by atoms with Crippen LogP contribution >= 0.6 is 31.9 Å². The van der Waals surface area contributed by atoms with Gasteiger partial charge < -0.3 is 0 Å². The van der Waals surface area contributed by atoms with Gasteiger partial charge in [0.05, 0.1) is 0 Å². The second-order valence-corrected chi connectivity index (χ2v) is 4.40. The first-order chi connectivity index (χ1) is 6.77. The molecule has 70 valence electrons. The van der Waals surface area contributed by atoms with Crippen LogP contribution in [0.4, 0.5) is 0 Å². The van der Waals surface area contributed by atoms with Crippen molar-refractivity contribution < 1.29 is 0 Å². The molecule has 0 N–H and O–H groups in total. The Labute approximate surface area is 98.7 Å². The quantitative estimate of drug-likeness (QED) is 0.751. The van der Waals surface area contributed by atoms with E-state index in [2.05, 4.69) is 41.8 Å². The van der Waals surface area contributed by atoms with Crippen LogP contribution in [0.5, 0.6) is 0 Å². The highest BCUT2D eigenvalue weighted by atomic mass is 79.9. The molecule has 0 aliphatic rings. The summed E-state index contributed by atoms with van der Waals surface area (Å²) < 4.78 is 1.86. The lowest BCUT2D eigenvalue weighted by atomic mass is 10.1. The fraction of sp³-hybridized carbons (Fsp3) is 0. The molecule has 1 heterocycles. The van der Waals surface area contributed by atoms with E-state index in [4.69, 9.17) is 0 Å². The van der Waals surface area contributed by atoms with Crippen molar-refractivity contribution in [1.82, 2.24) is 9.97 Å². The molecule has 0 aliphatic carbocycles. The fourth-order valence-electron chi connectivity index (χ4n) is 1.16. The third-order valence-electron chi connectivity index (χ3n) is 1.80. The number of benzene rings is 1. The van der Waals surface area contributed by atoms with Crippen LogP contribution in [-0.4, -0.2) is 9.97 Å². The molecule has 2 aromatic rings. The molecule has 0 atom stereocenters. The smallest absolute Gasteiger partial charge is 0.117 e. The Kier molecular flexibility index (Phi) is 2.93. The second-order valence-electron chi connectivity index (χ2n) is 2.74. The Morgan fingerprint density at radius 2 is 2.00 bits per heavy atom. The summed E-state index contributed by atoms with van der Waals surface area (Å²) >= 11 is 6.82. The van der Waals surface area contributed by atoms with Crippen molar-refractivity contribution in [3.8, 4) is 11.1 Å². The average molecular weight is 314 g/mol. The minimum absolute atomic E-state index is 0.811. The van der Waals surface area contributed by atoms with Crippen molar-refractivity contribution in [2.45, 2.75) is 0 Å². The zero-order valence-electron chi connectivity index (χ0n) is 7.11. The summed E-state index contributed by atoms with van der Waals surface area (Å²) in [5.41, 5.74) is 2.08. The van der Waals surface area contributed by atoms with Gasteiger partial charge >= 0.3 is 0 Å². The average Bonchev–Trinajstić information content (AvgIpc) is 2.18. The molecule has 0 amide bonds. The third-order valence-corrected chi connectivity index (χ3v) is 2.92. The zero-order valence-corrected chi connectivity index (χ0v) is 10.3. The molecule has 0 saturated heterocycles.